The molecule has 1 atom stereocenters. The number of nitrogens with one attached hydrogen (secondary N) is 1. The largest absolute Gasteiger partial charge is 0.301 e. The van der Waals surface area contributed by atoms with Gasteiger partial charge in [-0.15, -0.1) is 5.10 Å². The molecule has 1 unspecified atom stereocenters. The lowest BCUT2D eigenvalue weighted by molar-refractivity contribution is 0.159. The first-order chi connectivity index (χ1) is 9.92. The van der Waals surface area contributed by atoms with Crippen molar-refractivity contribution in [2.45, 2.75) is 43.7 Å². The second kappa shape index (κ2) is 7.17. The fourth-order valence-electron chi connectivity index (χ4n) is 2.65. The Bertz CT molecular complexity index is 555. The summed E-state index contributed by atoms with van der Waals surface area (Å²) in [5, 5.41) is 7.45. The van der Waals surface area contributed by atoms with Gasteiger partial charge in [-0.2, -0.15) is 0 Å². The highest BCUT2D eigenvalue weighted by Crippen LogP contribution is 2.18. The second-order valence-corrected chi connectivity index (χ2v) is 7.87. The average molecular weight is 380 g/mol. The molecule has 2 heterocycles. The maximum atomic E-state index is 12.2. The number of halogens is 1. The summed E-state index contributed by atoms with van der Waals surface area (Å²) in [6.45, 7) is 4.70. The van der Waals surface area contributed by atoms with Gasteiger partial charge in [-0.25, -0.2) is 17.8 Å². The molecule has 1 fully saturated rings. The van der Waals surface area contributed by atoms with Crippen molar-refractivity contribution in [3.05, 3.63) is 4.60 Å². The standard InChI is InChI=1S/C12H22BrN5O2S/c1-10-6-3-4-8-18(10)9-5-7-14-21(19,20)12-11(13)15-16-17(12)2/h10,14H,3-9H2,1-2H3. The van der Waals surface area contributed by atoms with Crippen LogP contribution in [0.1, 0.15) is 32.6 Å². The summed E-state index contributed by atoms with van der Waals surface area (Å²) >= 11 is 3.11. The van der Waals surface area contributed by atoms with E-state index in [0.717, 1.165) is 19.5 Å². The highest BCUT2D eigenvalue weighted by molar-refractivity contribution is 9.10. The van der Waals surface area contributed by atoms with E-state index in [4.69, 9.17) is 0 Å². The number of rotatable bonds is 6. The van der Waals surface area contributed by atoms with Crippen molar-refractivity contribution >= 4 is 26.0 Å². The molecule has 0 bridgehead atoms. The lowest BCUT2D eigenvalue weighted by atomic mass is 10.0. The fraction of sp³-hybridized carbons (Fsp3) is 0.833. The predicted molar refractivity (Wildman–Crippen MR) is 83.4 cm³/mol. The van der Waals surface area contributed by atoms with E-state index < -0.39 is 10.0 Å². The number of likely N-dealkylation sites (tertiary alicyclic amines) is 1. The van der Waals surface area contributed by atoms with Crippen molar-refractivity contribution in [3.63, 3.8) is 0 Å². The molecule has 0 aliphatic carbocycles. The molecular weight excluding hydrogens is 358 g/mol. The van der Waals surface area contributed by atoms with Crippen molar-refractivity contribution in [1.29, 1.82) is 0 Å². The Kier molecular flexibility index (Phi) is 5.75. The van der Waals surface area contributed by atoms with Crippen LogP contribution in [0.2, 0.25) is 0 Å². The van der Waals surface area contributed by atoms with Crippen molar-refractivity contribution in [2.75, 3.05) is 19.6 Å². The maximum absolute atomic E-state index is 12.2. The molecule has 9 heteroatoms. The summed E-state index contributed by atoms with van der Waals surface area (Å²) in [5.41, 5.74) is 0. The van der Waals surface area contributed by atoms with Crippen LogP contribution in [0.4, 0.5) is 0 Å². The lowest BCUT2D eigenvalue weighted by Gasteiger charge is -2.33. The molecule has 0 saturated carbocycles. The monoisotopic (exact) mass is 379 g/mol. The van der Waals surface area contributed by atoms with Gasteiger partial charge in [0.15, 0.2) is 4.60 Å². The number of aryl methyl sites for hydroxylation is 1. The molecule has 0 radical (unpaired) electrons. The number of sulfonamides is 1. The minimum Gasteiger partial charge on any atom is -0.301 e. The van der Waals surface area contributed by atoms with Crippen LogP contribution in [0.5, 0.6) is 0 Å². The van der Waals surface area contributed by atoms with Crippen LogP contribution < -0.4 is 4.72 Å². The number of hydrogen-bond donors (Lipinski definition) is 1. The third-order valence-corrected chi connectivity index (χ3v) is 6.19. The Morgan fingerprint density at radius 3 is 2.81 bits per heavy atom. The van der Waals surface area contributed by atoms with Gasteiger partial charge in [0.05, 0.1) is 0 Å². The number of aromatic nitrogens is 3. The highest BCUT2D eigenvalue weighted by atomic mass is 79.9. The third-order valence-electron chi connectivity index (χ3n) is 3.85. The second-order valence-electron chi connectivity index (χ2n) is 5.44. The van der Waals surface area contributed by atoms with Gasteiger partial charge in [0.25, 0.3) is 10.0 Å². The molecule has 120 valence electrons. The molecule has 1 aliphatic rings. The number of nitrogens with zero attached hydrogens (tertiary/aromatic N) is 4. The maximum Gasteiger partial charge on any atom is 0.260 e. The summed E-state index contributed by atoms with van der Waals surface area (Å²) in [6.07, 6.45) is 4.57. The van der Waals surface area contributed by atoms with Crippen LogP contribution in [0.25, 0.3) is 0 Å². The molecule has 1 saturated heterocycles. The van der Waals surface area contributed by atoms with Gasteiger partial charge in [0.2, 0.25) is 5.03 Å². The molecule has 0 spiro atoms. The van der Waals surface area contributed by atoms with Gasteiger partial charge in [-0.1, -0.05) is 11.6 Å². The lowest BCUT2D eigenvalue weighted by Crippen LogP contribution is -2.39. The van der Waals surface area contributed by atoms with Gasteiger partial charge in [0.1, 0.15) is 0 Å². The van der Waals surface area contributed by atoms with Crippen LogP contribution >= 0.6 is 15.9 Å². The van der Waals surface area contributed by atoms with Crippen molar-refractivity contribution < 1.29 is 8.42 Å². The summed E-state index contributed by atoms with van der Waals surface area (Å²) in [5.74, 6) is 0. The summed E-state index contributed by atoms with van der Waals surface area (Å²) < 4.78 is 28.5. The van der Waals surface area contributed by atoms with E-state index in [2.05, 4.69) is 42.8 Å². The van der Waals surface area contributed by atoms with Crippen LogP contribution in [0, 0.1) is 0 Å². The van der Waals surface area contributed by atoms with E-state index in [0.29, 0.717) is 12.6 Å². The zero-order chi connectivity index (χ0) is 15.5. The number of hydrogen-bond acceptors (Lipinski definition) is 5. The van der Waals surface area contributed by atoms with Crippen molar-refractivity contribution in [1.82, 2.24) is 24.6 Å². The quantitative estimate of drug-likeness (QED) is 0.749. The first-order valence-electron chi connectivity index (χ1n) is 7.20. The summed E-state index contributed by atoms with van der Waals surface area (Å²) in [4.78, 5) is 2.43. The van der Waals surface area contributed by atoms with Crippen LogP contribution in [0.15, 0.2) is 9.63 Å². The molecule has 0 amide bonds. The molecule has 1 aromatic heterocycles. The summed E-state index contributed by atoms with van der Waals surface area (Å²) in [7, 11) is -2.01. The Labute approximate surface area is 134 Å². The van der Waals surface area contributed by atoms with E-state index in [1.807, 2.05) is 0 Å². The van der Waals surface area contributed by atoms with Gasteiger partial charge >= 0.3 is 0 Å². The molecular formula is C12H22BrN5O2S. The van der Waals surface area contributed by atoms with E-state index in [9.17, 15) is 8.42 Å². The van der Waals surface area contributed by atoms with Crippen LogP contribution in [-0.2, 0) is 17.1 Å². The normalized spacial score (nSPS) is 20.8. The molecule has 21 heavy (non-hydrogen) atoms. The Morgan fingerprint density at radius 1 is 1.43 bits per heavy atom. The molecule has 1 aromatic rings. The molecule has 0 aromatic carbocycles. The van der Waals surface area contributed by atoms with Gasteiger partial charge < -0.3 is 4.90 Å². The van der Waals surface area contributed by atoms with Crippen molar-refractivity contribution in [2.24, 2.45) is 7.05 Å². The summed E-state index contributed by atoms with van der Waals surface area (Å²) in [6, 6.07) is 0.603. The first kappa shape index (κ1) is 16.9. The van der Waals surface area contributed by atoms with Gasteiger partial charge in [0, 0.05) is 19.6 Å². The smallest absolute Gasteiger partial charge is 0.260 e. The zero-order valence-electron chi connectivity index (χ0n) is 12.4. The topological polar surface area (TPSA) is 80.1 Å². The molecule has 1 N–H and O–H groups in total. The fourth-order valence-corrected chi connectivity index (χ4v) is 4.82. The number of piperidine rings is 1. The van der Waals surface area contributed by atoms with Gasteiger partial charge in [-0.3, -0.25) is 0 Å². The molecule has 2 rings (SSSR count). The average Bonchev–Trinajstić information content (AvgIpc) is 2.77. The first-order valence-corrected chi connectivity index (χ1v) is 9.48. The zero-order valence-corrected chi connectivity index (χ0v) is 14.8. The van der Waals surface area contributed by atoms with Crippen LogP contribution in [0.3, 0.4) is 0 Å². The Hall–Kier alpha value is -0.510. The SMILES string of the molecule is CC1CCCCN1CCCNS(=O)(=O)c1c(Br)nnn1C. The van der Waals surface area contributed by atoms with E-state index in [1.54, 1.807) is 7.05 Å². The Morgan fingerprint density at radius 2 is 2.19 bits per heavy atom. The predicted octanol–water partition coefficient (Wildman–Crippen LogP) is 1.12. The molecule has 7 nitrogen and oxygen atoms in total. The van der Waals surface area contributed by atoms with Crippen molar-refractivity contribution in [3.8, 4) is 0 Å². The molecule has 1 aliphatic heterocycles. The highest BCUT2D eigenvalue weighted by Gasteiger charge is 2.23. The van der Waals surface area contributed by atoms with Gasteiger partial charge in [-0.05, 0) is 55.2 Å². The third kappa shape index (κ3) is 4.24. The van der Waals surface area contributed by atoms with E-state index in [-0.39, 0.29) is 9.63 Å². The minimum atomic E-state index is -3.57. The minimum absolute atomic E-state index is 0.0637. The Balaban J connectivity index is 1.83. The van der Waals surface area contributed by atoms with Crippen LogP contribution in [-0.4, -0.2) is 54.0 Å². The van der Waals surface area contributed by atoms with E-state index >= 15 is 0 Å². The van der Waals surface area contributed by atoms with E-state index in [1.165, 1.54) is 23.9 Å².